The van der Waals surface area contributed by atoms with Crippen molar-refractivity contribution in [2.75, 3.05) is 0 Å². The molecule has 4 aliphatic carbocycles. The second-order valence-electron chi connectivity index (χ2n) is 7.24. The SMILES string of the molecule is c1ccc(C23C4CC5C(CC42)C53c2ccncc2)cc1. The smallest absolute Gasteiger partial charge is 0.0270 e. The molecule has 20 heavy (non-hydrogen) atoms. The van der Waals surface area contributed by atoms with E-state index in [1.54, 1.807) is 11.1 Å². The third-order valence-corrected chi connectivity index (χ3v) is 7.20. The van der Waals surface area contributed by atoms with Crippen LogP contribution in [0.1, 0.15) is 24.0 Å². The van der Waals surface area contributed by atoms with Crippen molar-refractivity contribution < 1.29 is 0 Å². The molecule has 0 radical (unpaired) electrons. The predicted octanol–water partition coefficient (Wildman–Crippen LogP) is 3.56. The van der Waals surface area contributed by atoms with E-state index in [1.807, 2.05) is 12.4 Å². The van der Waals surface area contributed by atoms with Crippen molar-refractivity contribution in [1.82, 2.24) is 4.98 Å². The monoisotopic (exact) mass is 259 g/mol. The van der Waals surface area contributed by atoms with E-state index < -0.39 is 0 Å². The molecular formula is C19H17N. The van der Waals surface area contributed by atoms with Crippen molar-refractivity contribution in [3.8, 4) is 0 Å². The van der Waals surface area contributed by atoms with Crippen LogP contribution >= 0.6 is 0 Å². The highest BCUT2D eigenvalue weighted by Crippen LogP contribution is 2.96. The van der Waals surface area contributed by atoms with Crippen molar-refractivity contribution in [2.24, 2.45) is 23.7 Å². The number of hydrogen-bond acceptors (Lipinski definition) is 1. The minimum Gasteiger partial charge on any atom is -0.265 e. The highest BCUT2D eigenvalue weighted by Gasteiger charge is 2.95. The van der Waals surface area contributed by atoms with Crippen LogP contribution in [-0.4, -0.2) is 4.98 Å². The van der Waals surface area contributed by atoms with E-state index in [1.165, 1.54) is 12.8 Å². The van der Waals surface area contributed by atoms with Crippen LogP contribution in [0, 0.1) is 23.7 Å². The van der Waals surface area contributed by atoms with Gasteiger partial charge in [-0.2, -0.15) is 0 Å². The fraction of sp³-hybridized carbons (Fsp3) is 0.421. The number of pyridine rings is 1. The van der Waals surface area contributed by atoms with Gasteiger partial charge in [-0.05, 0) is 59.8 Å². The van der Waals surface area contributed by atoms with E-state index in [-0.39, 0.29) is 0 Å². The molecule has 1 heterocycles. The first-order valence-corrected chi connectivity index (χ1v) is 7.88. The van der Waals surface area contributed by atoms with Gasteiger partial charge in [0.1, 0.15) is 0 Å². The molecule has 4 fully saturated rings. The maximum Gasteiger partial charge on any atom is 0.0270 e. The highest BCUT2D eigenvalue weighted by molar-refractivity contribution is 5.62. The second kappa shape index (κ2) is 2.86. The summed E-state index contributed by atoms with van der Waals surface area (Å²) in [5.41, 5.74) is 4.17. The van der Waals surface area contributed by atoms with Gasteiger partial charge in [-0.3, -0.25) is 4.98 Å². The van der Waals surface area contributed by atoms with Gasteiger partial charge in [-0.25, -0.2) is 0 Å². The Kier molecular flexibility index (Phi) is 1.45. The van der Waals surface area contributed by atoms with Crippen molar-refractivity contribution >= 4 is 0 Å². The molecule has 0 amide bonds. The zero-order chi connectivity index (χ0) is 12.9. The molecule has 4 unspecified atom stereocenters. The molecule has 4 saturated carbocycles. The van der Waals surface area contributed by atoms with Crippen LogP contribution in [0.2, 0.25) is 0 Å². The van der Waals surface area contributed by atoms with Crippen molar-refractivity contribution in [1.29, 1.82) is 0 Å². The van der Waals surface area contributed by atoms with Gasteiger partial charge in [0.05, 0.1) is 0 Å². The van der Waals surface area contributed by atoms with Gasteiger partial charge in [0, 0.05) is 23.2 Å². The predicted molar refractivity (Wildman–Crippen MR) is 77.2 cm³/mol. The van der Waals surface area contributed by atoms with Gasteiger partial charge < -0.3 is 0 Å². The van der Waals surface area contributed by atoms with E-state index in [0.717, 1.165) is 23.7 Å². The summed E-state index contributed by atoms with van der Waals surface area (Å²) in [6.45, 7) is 0. The maximum atomic E-state index is 4.24. The number of hydrogen-bond donors (Lipinski definition) is 0. The van der Waals surface area contributed by atoms with Gasteiger partial charge in [0.2, 0.25) is 0 Å². The molecule has 4 aliphatic rings. The van der Waals surface area contributed by atoms with Crippen LogP contribution < -0.4 is 0 Å². The summed E-state index contributed by atoms with van der Waals surface area (Å²) in [5.74, 6) is 3.85. The Bertz CT molecular complexity index is 626. The average molecular weight is 259 g/mol. The molecule has 0 saturated heterocycles. The Morgan fingerprint density at radius 2 is 1.20 bits per heavy atom. The molecule has 0 N–H and O–H groups in total. The molecule has 6 rings (SSSR count). The molecule has 0 bridgehead atoms. The molecule has 1 aromatic carbocycles. The third kappa shape index (κ3) is 0.759. The van der Waals surface area contributed by atoms with Crippen molar-refractivity contribution in [2.45, 2.75) is 23.7 Å². The fourth-order valence-electron chi connectivity index (χ4n) is 6.93. The van der Waals surface area contributed by atoms with Crippen molar-refractivity contribution in [3.05, 3.63) is 66.0 Å². The van der Waals surface area contributed by atoms with E-state index in [2.05, 4.69) is 47.4 Å². The first-order valence-electron chi connectivity index (χ1n) is 7.88. The van der Waals surface area contributed by atoms with Crippen LogP contribution in [0.25, 0.3) is 0 Å². The Morgan fingerprint density at radius 1 is 0.700 bits per heavy atom. The second-order valence-corrected chi connectivity index (χ2v) is 7.24. The van der Waals surface area contributed by atoms with Crippen LogP contribution in [0.3, 0.4) is 0 Å². The maximum absolute atomic E-state index is 4.24. The topological polar surface area (TPSA) is 12.9 Å². The zero-order valence-electron chi connectivity index (χ0n) is 11.4. The average Bonchev–Trinajstić information content (AvgIpc) is 3.32. The Hall–Kier alpha value is -1.63. The lowest BCUT2D eigenvalue weighted by molar-refractivity contribution is 0.457. The Morgan fingerprint density at radius 3 is 1.75 bits per heavy atom. The number of benzene rings is 1. The lowest BCUT2D eigenvalue weighted by Gasteiger charge is -2.27. The van der Waals surface area contributed by atoms with Crippen molar-refractivity contribution in [3.63, 3.8) is 0 Å². The number of nitrogens with zero attached hydrogens (tertiary/aromatic N) is 1. The molecule has 4 atom stereocenters. The molecular weight excluding hydrogens is 242 g/mol. The first-order chi connectivity index (χ1) is 9.91. The summed E-state index contributed by atoms with van der Waals surface area (Å²) in [6, 6.07) is 16.0. The van der Waals surface area contributed by atoms with Gasteiger partial charge in [-0.1, -0.05) is 30.3 Å². The summed E-state index contributed by atoms with van der Waals surface area (Å²) < 4.78 is 0. The molecule has 98 valence electrons. The Balaban J connectivity index is 1.62. The summed E-state index contributed by atoms with van der Waals surface area (Å²) in [6.07, 6.45) is 6.94. The van der Waals surface area contributed by atoms with E-state index in [0.29, 0.717) is 10.8 Å². The van der Waals surface area contributed by atoms with Gasteiger partial charge in [0.25, 0.3) is 0 Å². The van der Waals surface area contributed by atoms with Crippen LogP contribution in [0.15, 0.2) is 54.9 Å². The lowest BCUT2D eigenvalue weighted by Crippen LogP contribution is -2.27. The van der Waals surface area contributed by atoms with Gasteiger partial charge in [0.15, 0.2) is 0 Å². The molecule has 1 heteroatoms. The lowest BCUT2D eigenvalue weighted by atomic mass is 9.75. The summed E-state index contributed by atoms with van der Waals surface area (Å²) in [4.78, 5) is 4.24. The van der Waals surface area contributed by atoms with Gasteiger partial charge >= 0.3 is 0 Å². The summed E-state index contributed by atoms with van der Waals surface area (Å²) >= 11 is 0. The molecule has 0 spiro atoms. The normalized spacial score (nSPS) is 49.0. The van der Waals surface area contributed by atoms with Crippen LogP contribution in [0.5, 0.6) is 0 Å². The minimum absolute atomic E-state index is 0.479. The highest BCUT2D eigenvalue weighted by atomic mass is 15.0. The largest absolute Gasteiger partial charge is 0.265 e. The molecule has 1 aromatic heterocycles. The quantitative estimate of drug-likeness (QED) is 0.803. The molecule has 2 aromatic rings. The van der Waals surface area contributed by atoms with Crippen LogP contribution in [-0.2, 0) is 10.8 Å². The molecule has 1 nitrogen and oxygen atoms in total. The number of fused-ring (bicyclic) bond motifs is 2. The van der Waals surface area contributed by atoms with Crippen LogP contribution in [0.4, 0.5) is 0 Å². The third-order valence-electron chi connectivity index (χ3n) is 7.20. The van der Waals surface area contributed by atoms with E-state index in [9.17, 15) is 0 Å². The number of aromatic nitrogens is 1. The zero-order valence-corrected chi connectivity index (χ0v) is 11.4. The van der Waals surface area contributed by atoms with E-state index in [4.69, 9.17) is 0 Å². The Labute approximate surface area is 119 Å². The van der Waals surface area contributed by atoms with Gasteiger partial charge in [-0.15, -0.1) is 0 Å². The first kappa shape index (κ1) is 10.1. The number of rotatable bonds is 2. The summed E-state index contributed by atoms with van der Waals surface area (Å²) in [5, 5.41) is 0. The molecule has 0 aliphatic heterocycles. The van der Waals surface area contributed by atoms with E-state index >= 15 is 0 Å². The fourth-order valence-corrected chi connectivity index (χ4v) is 6.93. The summed E-state index contributed by atoms with van der Waals surface area (Å²) in [7, 11) is 0. The minimum atomic E-state index is 0.479. The standard InChI is InChI=1S/C19H17N/c1-2-4-12(5-3-1)18-14-10-16-17(11-15(14)18)19(16,18)13-6-8-20-9-7-13/h1-9,14-17H,10-11H2.